The number of carbonyl (C=O) groups excluding carboxylic acids is 1. The van der Waals surface area contributed by atoms with Crippen LogP contribution in [0.1, 0.15) is 37.7 Å². The van der Waals surface area contributed by atoms with Crippen LogP contribution in [0.5, 0.6) is 0 Å². The summed E-state index contributed by atoms with van der Waals surface area (Å²) < 4.78 is 0. The second-order valence-corrected chi connectivity index (χ2v) is 4.77. The van der Waals surface area contributed by atoms with Gasteiger partial charge in [0.25, 0.3) is 5.91 Å². The van der Waals surface area contributed by atoms with Crippen LogP contribution < -0.4 is 11.1 Å². The molecule has 0 aromatic carbocycles. The number of H-pyrrole nitrogens is 1. The first kappa shape index (κ1) is 11.6. The monoisotopic (exact) mass is 210 g/mol. The van der Waals surface area contributed by atoms with E-state index < -0.39 is 0 Å². The second kappa shape index (κ2) is 4.33. The van der Waals surface area contributed by atoms with E-state index in [0.717, 1.165) is 6.42 Å². The maximum Gasteiger partial charge on any atom is 0.271 e. The number of rotatable bonds is 3. The van der Waals surface area contributed by atoms with Crippen LogP contribution in [0.4, 0.5) is 5.69 Å². The number of anilines is 1. The van der Waals surface area contributed by atoms with Crippen molar-refractivity contribution in [1.29, 1.82) is 0 Å². The minimum atomic E-state index is -0.200. The summed E-state index contributed by atoms with van der Waals surface area (Å²) in [4.78, 5) is 11.6. The lowest BCUT2D eigenvalue weighted by Crippen LogP contribution is -2.28. The number of nitrogen functional groups attached to an aromatic ring is 1. The molecule has 1 aromatic heterocycles. The Morgan fingerprint density at radius 2 is 2.27 bits per heavy atom. The Labute approximate surface area is 89.4 Å². The first-order chi connectivity index (χ1) is 6.90. The number of nitrogens with zero attached hydrogens (tertiary/aromatic N) is 1. The Morgan fingerprint density at radius 3 is 2.73 bits per heavy atom. The van der Waals surface area contributed by atoms with Crippen molar-refractivity contribution in [3.8, 4) is 0 Å². The van der Waals surface area contributed by atoms with Crippen molar-refractivity contribution >= 4 is 11.6 Å². The van der Waals surface area contributed by atoms with Crippen LogP contribution in [0.2, 0.25) is 0 Å². The fourth-order valence-corrected chi connectivity index (χ4v) is 1.12. The highest BCUT2D eigenvalue weighted by Crippen LogP contribution is 2.17. The molecule has 0 aliphatic carbocycles. The highest BCUT2D eigenvalue weighted by atomic mass is 16.1. The number of amides is 1. The van der Waals surface area contributed by atoms with Crippen molar-refractivity contribution in [2.45, 2.75) is 27.2 Å². The van der Waals surface area contributed by atoms with Crippen LogP contribution in [-0.4, -0.2) is 22.6 Å². The summed E-state index contributed by atoms with van der Waals surface area (Å²) in [6.45, 7) is 7.03. The van der Waals surface area contributed by atoms with Gasteiger partial charge in [-0.15, -0.1) is 0 Å². The molecule has 0 spiro atoms. The third-order valence-corrected chi connectivity index (χ3v) is 2.06. The van der Waals surface area contributed by atoms with Gasteiger partial charge in [0.1, 0.15) is 5.69 Å². The molecule has 0 atom stereocenters. The third-order valence-electron chi connectivity index (χ3n) is 2.06. The van der Waals surface area contributed by atoms with E-state index in [1.165, 1.54) is 6.20 Å². The SMILES string of the molecule is CC(C)(C)CCNC(=O)c1[nH]ncc1N. The van der Waals surface area contributed by atoms with E-state index in [4.69, 9.17) is 5.73 Å². The van der Waals surface area contributed by atoms with Gasteiger partial charge in [-0.2, -0.15) is 5.10 Å². The van der Waals surface area contributed by atoms with Crippen molar-refractivity contribution in [1.82, 2.24) is 15.5 Å². The van der Waals surface area contributed by atoms with E-state index in [-0.39, 0.29) is 11.3 Å². The zero-order valence-corrected chi connectivity index (χ0v) is 9.42. The third kappa shape index (κ3) is 3.61. The smallest absolute Gasteiger partial charge is 0.271 e. The number of hydrogen-bond donors (Lipinski definition) is 3. The molecule has 5 heteroatoms. The molecule has 0 saturated heterocycles. The maximum atomic E-state index is 11.6. The molecule has 0 fully saturated rings. The van der Waals surface area contributed by atoms with Gasteiger partial charge in [0.2, 0.25) is 0 Å². The van der Waals surface area contributed by atoms with Gasteiger partial charge in [-0.05, 0) is 11.8 Å². The highest BCUT2D eigenvalue weighted by molar-refractivity contribution is 5.96. The number of nitrogens with one attached hydrogen (secondary N) is 2. The lowest BCUT2D eigenvalue weighted by atomic mass is 9.92. The zero-order valence-electron chi connectivity index (χ0n) is 9.42. The van der Waals surface area contributed by atoms with Crippen LogP contribution in [0.25, 0.3) is 0 Å². The number of hydrogen-bond acceptors (Lipinski definition) is 3. The fourth-order valence-electron chi connectivity index (χ4n) is 1.12. The van der Waals surface area contributed by atoms with Crippen molar-refractivity contribution in [2.24, 2.45) is 5.41 Å². The van der Waals surface area contributed by atoms with Crippen LogP contribution >= 0.6 is 0 Å². The average molecular weight is 210 g/mol. The standard InChI is InChI=1S/C10H18N4O/c1-10(2,3)4-5-12-9(15)8-7(11)6-13-14-8/h6H,4-5,11H2,1-3H3,(H,12,15)(H,13,14). The molecule has 1 heterocycles. The van der Waals surface area contributed by atoms with Crippen molar-refractivity contribution in [2.75, 3.05) is 12.3 Å². The molecule has 1 amide bonds. The minimum Gasteiger partial charge on any atom is -0.396 e. The van der Waals surface area contributed by atoms with E-state index in [9.17, 15) is 4.79 Å². The summed E-state index contributed by atoms with van der Waals surface area (Å²) in [6, 6.07) is 0. The predicted molar refractivity (Wildman–Crippen MR) is 59.4 cm³/mol. The molecule has 0 aliphatic rings. The molecule has 0 bridgehead atoms. The number of carbonyl (C=O) groups is 1. The van der Waals surface area contributed by atoms with Gasteiger partial charge >= 0.3 is 0 Å². The molecule has 15 heavy (non-hydrogen) atoms. The van der Waals surface area contributed by atoms with Crippen LogP contribution in [0.15, 0.2) is 6.20 Å². The molecular weight excluding hydrogens is 192 g/mol. The molecule has 0 radical (unpaired) electrons. The normalized spacial score (nSPS) is 11.4. The van der Waals surface area contributed by atoms with Crippen LogP contribution in [-0.2, 0) is 0 Å². The Balaban J connectivity index is 2.41. The molecule has 1 rings (SSSR count). The van der Waals surface area contributed by atoms with Gasteiger partial charge < -0.3 is 11.1 Å². The van der Waals surface area contributed by atoms with Crippen molar-refractivity contribution < 1.29 is 4.79 Å². The van der Waals surface area contributed by atoms with Gasteiger partial charge in [0.15, 0.2) is 0 Å². The topological polar surface area (TPSA) is 83.8 Å². The van der Waals surface area contributed by atoms with E-state index in [1.54, 1.807) is 0 Å². The molecule has 1 aromatic rings. The largest absolute Gasteiger partial charge is 0.396 e. The van der Waals surface area contributed by atoms with E-state index >= 15 is 0 Å². The number of nitrogens with two attached hydrogens (primary N) is 1. The summed E-state index contributed by atoms with van der Waals surface area (Å²) >= 11 is 0. The van der Waals surface area contributed by atoms with Crippen LogP contribution in [0.3, 0.4) is 0 Å². The van der Waals surface area contributed by atoms with E-state index in [2.05, 4.69) is 36.3 Å². The predicted octanol–water partition coefficient (Wildman–Crippen LogP) is 1.16. The molecule has 0 aliphatic heterocycles. The Hall–Kier alpha value is -1.52. The minimum absolute atomic E-state index is 0.200. The molecule has 0 unspecified atom stereocenters. The Morgan fingerprint density at radius 1 is 1.60 bits per heavy atom. The number of aromatic amines is 1. The summed E-state index contributed by atoms with van der Waals surface area (Å²) in [6.07, 6.45) is 2.35. The molecule has 0 saturated carbocycles. The van der Waals surface area contributed by atoms with Crippen molar-refractivity contribution in [3.63, 3.8) is 0 Å². The average Bonchev–Trinajstić information content (AvgIpc) is 2.48. The van der Waals surface area contributed by atoms with Crippen molar-refractivity contribution in [3.05, 3.63) is 11.9 Å². The molecule has 84 valence electrons. The van der Waals surface area contributed by atoms with Gasteiger partial charge in [-0.25, -0.2) is 0 Å². The van der Waals surface area contributed by atoms with Gasteiger partial charge in [-0.3, -0.25) is 9.89 Å². The first-order valence-electron chi connectivity index (χ1n) is 4.97. The lowest BCUT2D eigenvalue weighted by Gasteiger charge is -2.17. The summed E-state index contributed by atoms with van der Waals surface area (Å²) in [7, 11) is 0. The highest BCUT2D eigenvalue weighted by Gasteiger charge is 2.13. The fraction of sp³-hybridized carbons (Fsp3) is 0.600. The molecular formula is C10H18N4O. The first-order valence-corrected chi connectivity index (χ1v) is 4.97. The van der Waals surface area contributed by atoms with Gasteiger partial charge in [-0.1, -0.05) is 20.8 Å². The van der Waals surface area contributed by atoms with E-state index in [0.29, 0.717) is 17.9 Å². The van der Waals surface area contributed by atoms with Gasteiger partial charge in [0.05, 0.1) is 11.9 Å². The molecule has 4 N–H and O–H groups in total. The quantitative estimate of drug-likeness (QED) is 0.700. The summed E-state index contributed by atoms with van der Waals surface area (Å²) in [5.74, 6) is -0.200. The van der Waals surface area contributed by atoms with Crippen LogP contribution in [0, 0.1) is 5.41 Å². The lowest BCUT2D eigenvalue weighted by molar-refractivity contribution is 0.0945. The summed E-state index contributed by atoms with van der Waals surface area (Å²) in [5.41, 5.74) is 6.47. The Kier molecular flexibility index (Phi) is 3.34. The Bertz CT molecular complexity index is 337. The van der Waals surface area contributed by atoms with Gasteiger partial charge in [0, 0.05) is 6.54 Å². The zero-order chi connectivity index (χ0) is 11.5. The van der Waals surface area contributed by atoms with E-state index in [1.807, 2.05) is 0 Å². The maximum absolute atomic E-state index is 11.6. The summed E-state index contributed by atoms with van der Waals surface area (Å²) in [5, 5.41) is 9.05. The number of aromatic nitrogens is 2. The molecule has 5 nitrogen and oxygen atoms in total. The second-order valence-electron chi connectivity index (χ2n) is 4.77.